The number of hydrogen-bond donors (Lipinski definition) is 3. The van der Waals surface area contributed by atoms with Crippen molar-refractivity contribution in [3.8, 4) is 5.75 Å². The Labute approximate surface area is 206 Å². The van der Waals surface area contributed by atoms with Crippen LogP contribution in [0.1, 0.15) is 62.0 Å². The number of hydrogen-bond acceptors (Lipinski definition) is 6. The van der Waals surface area contributed by atoms with Gasteiger partial charge in [-0.3, -0.25) is 9.59 Å². The van der Waals surface area contributed by atoms with Gasteiger partial charge >= 0.3 is 0 Å². The van der Waals surface area contributed by atoms with Crippen molar-refractivity contribution in [2.75, 3.05) is 5.73 Å². The normalized spacial score (nSPS) is 22.1. The minimum absolute atomic E-state index is 0.168. The first-order valence-electron chi connectivity index (χ1n) is 11.5. The average molecular weight is 485 g/mol. The van der Waals surface area contributed by atoms with Crippen molar-refractivity contribution in [2.24, 2.45) is 0 Å². The van der Waals surface area contributed by atoms with Gasteiger partial charge in [0.1, 0.15) is 5.75 Å². The molecule has 4 aromatic rings. The standard InChI is InChI=1S/C28H24N2O4S/c1-14(2)16-11-12-18-21(13-16)34-28(33)19-8-6-9-20(29)23(19)25(31)27(18,28)30-26(32)24-15(3)17-7-4-5-10-22(17)35-24/h4-14,33H,29H2,1-3H3,(H,30,32). The molecule has 3 aromatic carbocycles. The summed E-state index contributed by atoms with van der Waals surface area (Å²) in [6, 6.07) is 18.2. The number of carbonyl (C=O) groups is 2. The highest BCUT2D eigenvalue weighted by Crippen LogP contribution is 2.59. The third-order valence-electron chi connectivity index (χ3n) is 7.22. The van der Waals surface area contributed by atoms with E-state index < -0.39 is 23.0 Å². The van der Waals surface area contributed by atoms with Gasteiger partial charge in [0.15, 0.2) is 0 Å². The molecule has 4 N–H and O–H groups in total. The zero-order valence-corrected chi connectivity index (χ0v) is 20.3. The van der Waals surface area contributed by atoms with Crippen molar-refractivity contribution < 1.29 is 19.4 Å². The predicted molar refractivity (Wildman–Crippen MR) is 136 cm³/mol. The lowest BCUT2D eigenvalue weighted by Crippen LogP contribution is -2.60. The predicted octanol–water partition coefficient (Wildman–Crippen LogP) is 4.97. The van der Waals surface area contributed by atoms with Crippen LogP contribution in [0, 0.1) is 6.92 Å². The highest BCUT2D eigenvalue weighted by molar-refractivity contribution is 7.21. The summed E-state index contributed by atoms with van der Waals surface area (Å²) < 4.78 is 7.13. The molecular formula is C28H24N2O4S. The molecule has 2 unspecified atom stereocenters. The number of rotatable bonds is 3. The summed E-state index contributed by atoms with van der Waals surface area (Å²) in [6.07, 6.45) is 0. The zero-order chi connectivity index (χ0) is 24.7. The number of thiophene rings is 1. The van der Waals surface area contributed by atoms with E-state index in [1.165, 1.54) is 11.3 Å². The molecule has 0 bridgehead atoms. The molecule has 6 nitrogen and oxygen atoms in total. The highest BCUT2D eigenvalue weighted by Gasteiger charge is 2.72. The first-order valence-corrected chi connectivity index (χ1v) is 12.3. The monoisotopic (exact) mass is 484 g/mol. The van der Waals surface area contributed by atoms with E-state index in [1.54, 1.807) is 24.3 Å². The fourth-order valence-corrected chi connectivity index (χ4v) is 6.47. The van der Waals surface area contributed by atoms with Gasteiger partial charge in [-0.15, -0.1) is 11.3 Å². The van der Waals surface area contributed by atoms with E-state index in [0.717, 1.165) is 21.2 Å². The molecule has 0 radical (unpaired) electrons. The quantitative estimate of drug-likeness (QED) is 0.356. The number of fused-ring (bicyclic) bond motifs is 6. The number of benzene rings is 3. The number of ether oxygens (including phenoxy) is 1. The lowest BCUT2D eigenvalue weighted by atomic mass is 9.82. The van der Waals surface area contributed by atoms with Crippen LogP contribution >= 0.6 is 11.3 Å². The second-order valence-electron chi connectivity index (χ2n) is 9.51. The third kappa shape index (κ3) is 2.68. The van der Waals surface area contributed by atoms with Crippen molar-refractivity contribution in [1.82, 2.24) is 5.32 Å². The van der Waals surface area contributed by atoms with E-state index in [-0.39, 0.29) is 22.7 Å². The van der Waals surface area contributed by atoms with E-state index in [2.05, 4.69) is 19.2 Å². The molecule has 1 aliphatic heterocycles. The molecule has 0 saturated carbocycles. The summed E-state index contributed by atoms with van der Waals surface area (Å²) >= 11 is 1.35. The number of nitrogens with one attached hydrogen (secondary N) is 1. The van der Waals surface area contributed by atoms with Crippen molar-refractivity contribution in [1.29, 1.82) is 0 Å². The van der Waals surface area contributed by atoms with Crippen LogP contribution in [0.5, 0.6) is 5.75 Å². The molecule has 2 atom stereocenters. The Morgan fingerprint density at radius 2 is 1.86 bits per heavy atom. The number of Topliss-reactive ketones (excluding diaryl/α,β-unsaturated/α-hetero) is 1. The van der Waals surface area contributed by atoms with Gasteiger partial charge < -0.3 is 20.9 Å². The van der Waals surface area contributed by atoms with Crippen molar-refractivity contribution in [2.45, 2.75) is 38.0 Å². The third-order valence-corrected chi connectivity index (χ3v) is 8.49. The first kappa shape index (κ1) is 21.8. The molecule has 35 heavy (non-hydrogen) atoms. The maximum absolute atomic E-state index is 14.1. The second kappa shape index (κ2) is 7.16. The Kier molecular flexibility index (Phi) is 4.47. The molecule has 6 rings (SSSR count). The van der Waals surface area contributed by atoms with Crippen LogP contribution in [-0.2, 0) is 11.3 Å². The van der Waals surface area contributed by atoms with Crippen molar-refractivity contribution >= 4 is 38.8 Å². The summed E-state index contributed by atoms with van der Waals surface area (Å²) in [4.78, 5) is 28.4. The smallest absolute Gasteiger partial charge is 0.271 e. The van der Waals surface area contributed by atoms with Crippen LogP contribution in [0.25, 0.3) is 10.1 Å². The van der Waals surface area contributed by atoms with Gasteiger partial charge in [0, 0.05) is 21.5 Å². The van der Waals surface area contributed by atoms with E-state index in [4.69, 9.17) is 10.5 Å². The average Bonchev–Trinajstić information content (AvgIpc) is 3.37. The lowest BCUT2D eigenvalue weighted by Gasteiger charge is -2.34. The second-order valence-corrected chi connectivity index (χ2v) is 10.6. The van der Waals surface area contributed by atoms with E-state index in [0.29, 0.717) is 16.2 Å². The van der Waals surface area contributed by atoms with Crippen LogP contribution in [0.4, 0.5) is 5.69 Å². The van der Waals surface area contributed by atoms with Gasteiger partial charge in [0.2, 0.25) is 11.3 Å². The Morgan fingerprint density at radius 1 is 1.09 bits per heavy atom. The van der Waals surface area contributed by atoms with Crippen LogP contribution in [0.3, 0.4) is 0 Å². The van der Waals surface area contributed by atoms with Crippen LogP contribution in [0.2, 0.25) is 0 Å². The van der Waals surface area contributed by atoms with Gasteiger partial charge in [-0.2, -0.15) is 0 Å². The van der Waals surface area contributed by atoms with Crippen LogP contribution in [-0.4, -0.2) is 16.8 Å². The fourth-order valence-electron chi connectivity index (χ4n) is 5.36. The maximum atomic E-state index is 14.1. The molecule has 1 aliphatic carbocycles. The summed E-state index contributed by atoms with van der Waals surface area (Å²) in [7, 11) is 0. The summed E-state index contributed by atoms with van der Waals surface area (Å²) in [5.74, 6) is -2.49. The number of nitrogen functional groups attached to an aromatic ring is 1. The van der Waals surface area contributed by atoms with Gasteiger partial charge in [-0.25, -0.2) is 0 Å². The number of ketones is 1. The largest absolute Gasteiger partial charge is 0.454 e. The number of aryl methyl sites for hydroxylation is 1. The minimum atomic E-state index is -2.13. The number of nitrogens with two attached hydrogens (primary N) is 1. The van der Waals surface area contributed by atoms with E-state index in [1.807, 2.05) is 43.3 Å². The Bertz CT molecular complexity index is 1570. The van der Waals surface area contributed by atoms with Crippen LogP contribution in [0.15, 0.2) is 60.7 Å². The molecule has 2 aliphatic rings. The van der Waals surface area contributed by atoms with Crippen molar-refractivity contribution in [3.05, 3.63) is 93.4 Å². The van der Waals surface area contributed by atoms with Gasteiger partial charge in [0.05, 0.1) is 10.4 Å². The Balaban J connectivity index is 1.56. The molecule has 1 amide bonds. The van der Waals surface area contributed by atoms with Crippen LogP contribution < -0.4 is 15.8 Å². The van der Waals surface area contributed by atoms with E-state index in [9.17, 15) is 14.7 Å². The van der Waals surface area contributed by atoms with Gasteiger partial charge in [0.25, 0.3) is 11.7 Å². The number of aliphatic hydroxyl groups is 1. The molecule has 7 heteroatoms. The number of anilines is 1. The number of carbonyl (C=O) groups excluding carboxylic acids is 2. The number of amides is 1. The Morgan fingerprint density at radius 3 is 2.60 bits per heavy atom. The summed E-state index contributed by atoms with van der Waals surface area (Å²) in [5, 5.41) is 16.0. The van der Waals surface area contributed by atoms with Crippen molar-refractivity contribution in [3.63, 3.8) is 0 Å². The maximum Gasteiger partial charge on any atom is 0.271 e. The van der Waals surface area contributed by atoms with Gasteiger partial charge in [-0.05, 0) is 47.6 Å². The topological polar surface area (TPSA) is 102 Å². The molecule has 0 fully saturated rings. The fraction of sp³-hybridized carbons (Fsp3) is 0.214. The lowest BCUT2D eigenvalue weighted by molar-refractivity contribution is -0.169. The summed E-state index contributed by atoms with van der Waals surface area (Å²) in [6.45, 7) is 5.99. The molecule has 0 spiro atoms. The Hall–Kier alpha value is -3.68. The highest BCUT2D eigenvalue weighted by atomic mass is 32.1. The first-order chi connectivity index (χ1) is 16.7. The molecule has 1 aromatic heterocycles. The molecule has 176 valence electrons. The SMILES string of the molecule is Cc1c(C(=O)NC23C(=O)c4c(N)cccc4C2(O)Oc2cc(C(C)C)ccc23)sc2ccccc12. The minimum Gasteiger partial charge on any atom is -0.454 e. The molecule has 2 heterocycles. The van der Waals surface area contributed by atoms with Gasteiger partial charge in [-0.1, -0.05) is 56.3 Å². The summed E-state index contributed by atoms with van der Waals surface area (Å²) in [5.41, 5.74) is 7.19. The molecular weight excluding hydrogens is 460 g/mol. The van der Waals surface area contributed by atoms with E-state index >= 15 is 0 Å². The zero-order valence-electron chi connectivity index (χ0n) is 19.5. The molecule has 0 saturated heterocycles.